The summed E-state index contributed by atoms with van der Waals surface area (Å²) in [6.07, 6.45) is 5.81. The van der Waals surface area contributed by atoms with E-state index in [-0.39, 0.29) is 11.8 Å². The fourth-order valence-electron chi connectivity index (χ4n) is 4.10. The Hall–Kier alpha value is -2.80. The van der Waals surface area contributed by atoms with Gasteiger partial charge in [0.1, 0.15) is 5.52 Å². The average Bonchev–Trinajstić information content (AvgIpc) is 3.32. The van der Waals surface area contributed by atoms with Crippen LogP contribution in [0.2, 0.25) is 0 Å². The quantitative estimate of drug-likeness (QED) is 0.576. The van der Waals surface area contributed by atoms with Crippen molar-refractivity contribution < 1.29 is 4.79 Å². The molecule has 0 unspecified atom stereocenters. The van der Waals surface area contributed by atoms with Crippen LogP contribution < -0.4 is 0 Å². The van der Waals surface area contributed by atoms with E-state index in [4.69, 9.17) is 0 Å². The molecule has 1 aliphatic rings. The number of benzene rings is 1. The number of nitrogens with zero attached hydrogens (tertiary/aromatic N) is 4. The second-order valence-electron chi connectivity index (χ2n) is 7.48. The maximum atomic E-state index is 13.0. The van der Waals surface area contributed by atoms with Crippen molar-refractivity contribution in [3.8, 4) is 0 Å². The van der Waals surface area contributed by atoms with E-state index in [0.29, 0.717) is 18.6 Å². The molecule has 0 aliphatic carbocycles. The van der Waals surface area contributed by atoms with Gasteiger partial charge in [-0.15, -0.1) is 11.3 Å². The molecule has 142 valence electrons. The zero-order chi connectivity index (χ0) is 19.1. The number of aryl methyl sites for hydroxylation is 1. The second kappa shape index (κ2) is 6.98. The zero-order valence-corrected chi connectivity index (χ0v) is 16.5. The molecule has 0 radical (unpaired) electrons. The van der Waals surface area contributed by atoms with Gasteiger partial charge in [-0.25, -0.2) is 9.97 Å². The topological polar surface area (TPSA) is 74.8 Å². The van der Waals surface area contributed by atoms with Gasteiger partial charge in [-0.3, -0.25) is 9.89 Å². The van der Waals surface area contributed by atoms with Crippen molar-refractivity contribution in [3.63, 3.8) is 0 Å². The van der Waals surface area contributed by atoms with Crippen molar-refractivity contribution in [2.45, 2.75) is 32.1 Å². The molecule has 4 aromatic rings. The number of carbonyl (C=O) groups is 1. The number of aromatic nitrogens is 4. The van der Waals surface area contributed by atoms with Crippen molar-refractivity contribution in [3.05, 3.63) is 52.8 Å². The summed E-state index contributed by atoms with van der Waals surface area (Å²) in [5, 5.41) is 10.7. The van der Waals surface area contributed by atoms with Crippen molar-refractivity contribution in [1.82, 2.24) is 25.1 Å². The van der Waals surface area contributed by atoms with Crippen molar-refractivity contribution in [2.75, 3.05) is 13.1 Å². The molecule has 5 rings (SSSR count). The van der Waals surface area contributed by atoms with E-state index in [0.717, 1.165) is 36.2 Å². The highest BCUT2D eigenvalue weighted by atomic mass is 32.1. The molecule has 7 heteroatoms. The van der Waals surface area contributed by atoms with Crippen LogP contribution in [-0.4, -0.2) is 44.1 Å². The number of H-pyrrole nitrogens is 1. The maximum absolute atomic E-state index is 13.0. The van der Waals surface area contributed by atoms with Crippen molar-refractivity contribution in [1.29, 1.82) is 0 Å². The summed E-state index contributed by atoms with van der Waals surface area (Å²) in [5.74, 6) is 0.418. The number of thiophene rings is 1. The van der Waals surface area contributed by atoms with Crippen LogP contribution >= 0.6 is 11.3 Å². The molecule has 0 spiro atoms. The van der Waals surface area contributed by atoms with Gasteiger partial charge < -0.3 is 4.90 Å². The molecule has 3 aromatic heterocycles. The lowest BCUT2D eigenvalue weighted by molar-refractivity contribution is -0.131. The van der Waals surface area contributed by atoms with Gasteiger partial charge in [0.2, 0.25) is 5.91 Å². The number of carbonyl (C=O) groups excluding carboxylic acids is 1. The van der Waals surface area contributed by atoms with E-state index in [1.807, 2.05) is 4.90 Å². The molecule has 1 aromatic carbocycles. The third-order valence-electron chi connectivity index (χ3n) is 5.55. The minimum absolute atomic E-state index is 0.195. The number of nitrogens with one attached hydrogen (secondary N) is 1. The van der Waals surface area contributed by atoms with Crippen molar-refractivity contribution in [2.24, 2.45) is 0 Å². The second-order valence-corrected chi connectivity index (χ2v) is 8.39. The van der Waals surface area contributed by atoms with E-state index < -0.39 is 0 Å². The lowest BCUT2D eigenvalue weighted by Gasteiger charge is -2.32. The Morgan fingerprint density at radius 2 is 2.21 bits per heavy atom. The van der Waals surface area contributed by atoms with Gasteiger partial charge in [0.15, 0.2) is 5.65 Å². The smallest absolute Gasteiger partial charge is 0.227 e. The van der Waals surface area contributed by atoms with E-state index in [2.05, 4.69) is 50.7 Å². The van der Waals surface area contributed by atoms with Crippen LogP contribution in [0.3, 0.4) is 0 Å². The molecular formula is C21H21N5OS. The Kier molecular flexibility index (Phi) is 4.31. The Morgan fingerprint density at radius 1 is 1.32 bits per heavy atom. The Balaban J connectivity index is 1.36. The Labute approximate surface area is 166 Å². The predicted molar refractivity (Wildman–Crippen MR) is 111 cm³/mol. The molecule has 1 atom stereocenters. The van der Waals surface area contributed by atoms with Crippen LogP contribution in [0, 0.1) is 6.92 Å². The lowest BCUT2D eigenvalue weighted by Crippen LogP contribution is -2.40. The Morgan fingerprint density at radius 3 is 3.14 bits per heavy atom. The standard InChI is InChI=1S/C21H21N5OS/c1-13-4-5-17-16(9-13)15(12-28-17)10-18(27)26-8-2-3-14(11-26)19-20-21(25-24-19)23-7-6-22-20/h4-7,9,12,14H,2-3,8,10-11H2,1H3,(H,23,24,25)/t14-/m0/s1. The molecule has 0 saturated carbocycles. The first-order chi connectivity index (χ1) is 13.7. The average molecular weight is 392 g/mol. The maximum Gasteiger partial charge on any atom is 0.227 e. The van der Waals surface area contributed by atoms with Crippen LogP contribution in [0.15, 0.2) is 36.0 Å². The van der Waals surface area contributed by atoms with Crippen molar-refractivity contribution >= 4 is 38.5 Å². The summed E-state index contributed by atoms with van der Waals surface area (Å²) in [4.78, 5) is 23.7. The van der Waals surface area contributed by atoms with Crippen LogP contribution in [0.25, 0.3) is 21.3 Å². The summed E-state index contributed by atoms with van der Waals surface area (Å²) in [7, 11) is 0. The first-order valence-electron chi connectivity index (χ1n) is 9.58. The monoisotopic (exact) mass is 391 g/mol. The van der Waals surface area contributed by atoms with Gasteiger partial charge in [-0.1, -0.05) is 17.7 Å². The van der Waals surface area contributed by atoms with Gasteiger partial charge in [-0.05, 0) is 42.2 Å². The first kappa shape index (κ1) is 17.3. The highest BCUT2D eigenvalue weighted by Gasteiger charge is 2.28. The van der Waals surface area contributed by atoms with Gasteiger partial charge in [0.05, 0.1) is 12.1 Å². The van der Waals surface area contributed by atoms with Crippen LogP contribution in [0.5, 0.6) is 0 Å². The van der Waals surface area contributed by atoms with Crippen LogP contribution in [-0.2, 0) is 11.2 Å². The molecule has 0 bridgehead atoms. The molecule has 1 fully saturated rings. The summed E-state index contributed by atoms with van der Waals surface area (Å²) in [6, 6.07) is 6.45. The predicted octanol–water partition coefficient (Wildman–Crippen LogP) is 3.82. The fourth-order valence-corrected chi connectivity index (χ4v) is 5.04. The highest BCUT2D eigenvalue weighted by molar-refractivity contribution is 7.17. The normalized spacial score (nSPS) is 17.5. The third-order valence-corrected chi connectivity index (χ3v) is 6.56. The zero-order valence-electron chi connectivity index (χ0n) is 15.7. The van der Waals surface area contributed by atoms with E-state index in [1.54, 1.807) is 23.7 Å². The molecular weight excluding hydrogens is 370 g/mol. The van der Waals surface area contributed by atoms with E-state index in [1.165, 1.54) is 15.6 Å². The molecule has 1 N–H and O–H groups in total. The first-order valence-corrected chi connectivity index (χ1v) is 10.5. The number of piperidine rings is 1. The highest BCUT2D eigenvalue weighted by Crippen LogP contribution is 2.31. The number of hydrogen-bond acceptors (Lipinski definition) is 5. The van der Waals surface area contributed by atoms with Crippen LogP contribution in [0.1, 0.15) is 35.6 Å². The summed E-state index contributed by atoms with van der Waals surface area (Å²) < 4.78 is 1.24. The van der Waals surface area contributed by atoms with E-state index >= 15 is 0 Å². The Bertz CT molecular complexity index is 1160. The number of fused-ring (bicyclic) bond motifs is 2. The third kappa shape index (κ3) is 3.05. The van der Waals surface area contributed by atoms with Gasteiger partial charge in [0, 0.05) is 36.1 Å². The number of amides is 1. The lowest BCUT2D eigenvalue weighted by atomic mass is 9.94. The number of hydrogen-bond donors (Lipinski definition) is 1. The molecule has 4 heterocycles. The van der Waals surface area contributed by atoms with Gasteiger partial charge in [-0.2, -0.15) is 5.10 Å². The fraction of sp³-hybridized carbons (Fsp3) is 0.333. The summed E-state index contributed by atoms with van der Waals surface area (Å²) >= 11 is 1.71. The SMILES string of the molecule is Cc1ccc2scc(CC(=O)N3CCC[C@H](c4[nH]nc5nccnc45)C3)c2c1. The summed E-state index contributed by atoms with van der Waals surface area (Å²) in [6.45, 7) is 3.61. The molecule has 1 amide bonds. The number of aromatic amines is 1. The summed E-state index contributed by atoms with van der Waals surface area (Å²) in [5.41, 5.74) is 4.82. The molecule has 1 aliphatic heterocycles. The van der Waals surface area contributed by atoms with E-state index in [9.17, 15) is 4.79 Å². The van der Waals surface area contributed by atoms with Gasteiger partial charge in [0.25, 0.3) is 0 Å². The molecule has 1 saturated heterocycles. The minimum atomic E-state index is 0.195. The number of likely N-dealkylation sites (tertiary alicyclic amines) is 1. The number of rotatable bonds is 3. The molecule has 28 heavy (non-hydrogen) atoms. The molecule has 6 nitrogen and oxygen atoms in total. The van der Waals surface area contributed by atoms with Gasteiger partial charge >= 0.3 is 0 Å². The largest absolute Gasteiger partial charge is 0.342 e. The van der Waals surface area contributed by atoms with Crippen LogP contribution in [0.4, 0.5) is 0 Å². The minimum Gasteiger partial charge on any atom is -0.342 e.